The number of fused-ring (bicyclic) bond motifs is 1. The Hall–Kier alpha value is -2.40. The number of carboxylic acid groups (broad SMARTS) is 1. The summed E-state index contributed by atoms with van der Waals surface area (Å²) in [4.78, 5) is 30.9. The van der Waals surface area contributed by atoms with Gasteiger partial charge in [-0.15, -0.1) is 0 Å². The summed E-state index contributed by atoms with van der Waals surface area (Å²) in [5.41, 5.74) is 0.452. The molecule has 1 amide bonds. The second kappa shape index (κ2) is 13.9. The molecule has 3 atom stereocenters. The SMILES string of the molecule is CCCCN(CCCC[N+](C)(C)C)C(=O)CN1C[C@H](c2ccc3c(c2)OCO3)[C@@H](C(=O)O)[C@@H]1CC(C)(C)C1OCCO1. The van der Waals surface area contributed by atoms with Crippen LogP contribution in [-0.2, 0) is 19.1 Å². The number of rotatable bonds is 15. The molecule has 0 unspecified atom stereocenters. The molecular formula is C32H52N3O7+. The van der Waals surface area contributed by atoms with E-state index in [1.165, 1.54) is 0 Å². The van der Waals surface area contributed by atoms with E-state index >= 15 is 0 Å². The molecule has 0 bridgehead atoms. The number of carbonyl (C=O) groups excluding carboxylic acids is 1. The van der Waals surface area contributed by atoms with Gasteiger partial charge in [-0.05, 0) is 43.4 Å². The van der Waals surface area contributed by atoms with Gasteiger partial charge in [0.1, 0.15) is 0 Å². The number of likely N-dealkylation sites (tertiary alicyclic amines) is 1. The Morgan fingerprint density at radius 2 is 1.74 bits per heavy atom. The van der Waals surface area contributed by atoms with Gasteiger partial charge in [-0.3, -0.25) is 14.5 Å². The maximum Gasteiger partial charge on any atom is 0.308 e. The van der Waals surface area contributed by atoms with Gasteiger partial charge in [-0.1, -0.05) is 33.3 Å². The maximum atomic E-state index is 13.9. The Labute approximate surface area is 251 Å². The van der Waals surface area contributed by atoms with Gasteiger partial charge in [0.25, 0.3) is 0 Å². The zero-order valence-electron chi connectivity index (χ0n) is 26.5. The fourth-order valence-corrected chi connectivity index (χ4v) is 6.55. The van der Waals surface area contributed by atoms with Crippen LogP contribution in [0.3, 0.4) is 0 Å². The monoisotopic (exact) mass is 590 g/mol. The Morgan fingerprint density at radius 3 is 2.40 bits per heavy atom. The normalized spacial score (nSPS) is 23.0. The minimum absolute atomic E-state index is 0.0698. The Bertz CT molecular complexity index is 1070. The highest BCUT2D eigenvalue weighted by molar-refractivity contribution is 5.79. The molecule has 3 heterocycles. The summed E-state index contributed by atoms with van der Waals surface area (Å²) in [5.74, 6) is -0.488. The van der Waals surface area contributed by atoms with Crippen LogP contribution in [0.25, 0.3) is 0 Å². The van der Waals surface area contributed by atoms with Crippen LogP contribution in [0.5, 0.6) is 11.5 Å². The van der Waals surface area contributed by atoms with Crippen LogP contribution in [0.2, 0.25) is 0 Å². The highest BCUT2D eigenvalue weighted by atomic mass is 16.7. The van der Waals surface area contributed by atoms with Crippen molar-refractivity contribution in [2.45, 2.75) is 71.1 Å². The lowest BCUT2D eigenvalue weighted by Gasteiger charge is -2.37. The van der Waals surface area contributed by atoms with Gasteiger partial charge in [0.15, 0.2) is 17.8 Å². The summed E-state index contributed by atoms with van der Waals surface area (Å²) < 4.78 is 23.8. The third-order valence-electron chi connectivity index (χ3n) is 8.83. The van der Waals surface area contributed by atoms with E-state index in [0.717, 1.165) is 55.4 Å². The first-order valence-corrected chi connectivity index (χ1v) is 15.6. The fraction of sp³-hybridized carbons (Fsp3) is 0.750. The lowest BCUT2D eigenvalue weighted by Crippen LogP contribution is -2.47. The predicted octanol–water partition coefficient (Wildman–Crippen LogP) is 3.79. The smallest absolute Gasteiger partial charge is 0.308 e. The van der Waals surface area contributed by atoms with Crippen LogP contribution < -0.4 is 9.47 Å². The molecule has 10 nitrogen and oxygen atoms in total. The number of benzene rings is 1. The van der Waals surface area contributed by atoms with Crippen LogP contribution in [0, 0.1) is 11.3 Å². The van der Waals surface area contributed by atoms with Crippen molar-refractivity contribution >= 4 is 11.9 Å². The summed E-state index contributed by atoms with van der Waals surface area (Å²) in [6.07, 6.45) is 4.09. The minimum Gasteiger partial charge on any atom is -0.481 e. The highest BCUT2D eigenvalue weighted by Gasteiger charge is 2.50. The van der Waals surface area contributed by atoms with E-state index in [9.17, 15) is 14.7 Å². The summed E-state index contributed by atoms with van der Waals surface area (Å²) in [6, 6.07) is 5.33. The van der Waals surface area contributed by atoms with Crippen LogP contribution in [0.4, 0.5) is 0 Å². The first kappa shape index (κ1) is 32.5. The zero-order valence-corrected chi connectivity index (χ0v) is 26.5. The molecule has 4 rings (SSSR count). The minimum atomic E-state index is -0.857. The molecule has 0 saturated carbocycles. The molecule has 42 heavy (non-hydrogen) atoms. The molecule has 2 saturated heterocycles. The van der Waals surface area contributed by atoms with E-state index in [0.29, 0.717) is 37.7 Å². The molecule has 3 aliphatic heterocycles. The molecule has 10 heteroatoms. The first-order valence-electron chi connectivity index (χ1n) is 15.6. The fourth-order valence-electron chi connectivity index (χ4n) is 6.55. The van der Waals surface area contributed by atoms with Gasteiger partial charge >= 0.3 is 5.97 Å². The summed E-state index contributed by atoms with van der Waals surface area (Å²) >= 11 is 0. The standard InChI is InChI=1S/C32H51N3O7/c1-7-8-13-33(14-9-10-15-35(4,5)6)28(36)21-34-20-24(23-11-12-26-27(18-23)42-22-41-26)29(30(37)38)25(34)19-32(2,3)31-39-16-17-40-31/h11-12,18,24-25,29,31H,7-10,13-17,19-22H2,1-6H3/p+1/t24-,25+,29-/m1/s1. The first-order chi connectivity index (χ1) is 19.9. The Morgan fingerprint density at radius 1 is 1.05 bits per heavy atom. The molecule has 1 aromatic rings. The second-order valence-corrected chi connectivity index (χ2v) is 13.8. The van der Waals surface area contributed by atoms with Gasteiger partial charge in [0.05, 0.1) is 53.4 Å². The van der Waals surface area contributed by atoms with Crippen molar-refractivity contribution in [2.75, 3.05) is 73.9 Å². The number of unbranched alkanes of at least 4 members (excludes halogenated alkanes) is 2. The molecule has 236 valence electrons. The molecule has 3 aliphatic rings. The molecule has 0 radical (unpaired) electrons. The summed E-state index contributed by atoms with van der Waals surface area (Å²) in [6.45, 7) is 10.7. The molecule has 0 aromatic heterocycles. The van der Waals surface area contributed by atoms with Crippen LogP contribution in [0.1, 0.15) is 64.4 Å². The number of carbonyl (C=O) groups is 2. The average Bonchev–Trinajstić information content (AvgIpc) is 3.68. The number of amides is 1. The lowest BCUT2D eigenvalue weighted by molar-refractivity contribution is -0.870. The third kappa shape index (κ3) is 8.15. The summed E-state index contributed by atoms with van der Waals surface area (Å²) in [7, 11) is 6.56. The van der Waals surface area contributed by atoms with Crippen molar-refractivity contribution in [3.8, 4) is 11.5 Å². The van der Waals surface area contributed by atoms with Gasteiger partial charge in [-0.2, -0.15) is 0 Å². The number of aliphatic carboxylic acids is 1. The van der Waals surface area contributed by atoms with Crippen molar-refractivity contribution in [1.29, 1.82) is 0 Å². The third-order valence-corrected chi connectivity index (χ3v) is 8.83. The highest BCUT2D eigenvalue weighted by Crippen LogP contribution is 2.46. The van der Waals surface area contributed by atoms with Crippen molar-refractivity contribution in [1.82, 2.24) is 9.80 Å². The second-order valence-electron chi connectivity index (χ2n) is 13.8. The molecule has 1 aromatic carbocycles. The van der Waals surface area contributed by atoms with E-state index in [1.54, 1.807) is 0 Å². The van der Waals surface area contributed by atoms with Crippen LogP contribution in [-0.4, -0.2) is 117 Å². The zero-order chi connectivity index (χ0) is 30.5. The van der Waals surface area contributed by atoms with Crippen molar-refractivity contribution in [2.24, 2.45) is 11.3 Å². The molecule has 0 aliphatic carbocycles. The van der Waals surface area contributed by atoms with Crippen molar-refractivity contribution < 1.29 is 38.1 Å². The lowest BCUT2D eigenvalue weighted by atomic mass is 9.77. The Balaban J connectivity index is 1.57. The van der Waals surface area contributed by atoms with Gasteiger partial charge in [0, 0.05) is 37.0 Å². The number of hydrogen-bond acceptors (Lipinski definition) is 7. The average molecular weight is 591 g/mol. The van der Waals surface area contributed by atoms with E-state index < -0.39 is 23.6 Å². The van der Waals surface area contributed by atoms with Gasteiger partial charge in [0.2, 0.25) is 12.7 Å². The van der Waals surface area contributed by atoms with Gasteiger partial charge < -0.3 is 33.4 Å². The topological polar surface area (TPSA) is 97.8 Å². The molecule has 2 fully saturated rings. The number of carboxylic acids is 1. The van der Waals surface area contributed by atoms with Crippen LogP contribution in [0.15, 0.2) is 18.2 Å². The van der Waals surface area contributed by atoms with E-state index in [4.69, 9.17) is 18.9 Å². The largest absolute Gasteiger partial charge is 0.481 e. The predicted molar refractivity (Wildman–Crippen MR) is 160 cm³/mol. The van der Waals surface area contributed by atoms with E-state index in [-0.39, 0.29) is 31.2 Å². The number of nitrogens with zero attached hydrogens (tertiary/aromatic N) is 3. The van der Waals surface area contributed by atoms with Crippen LogP contribution >= 0.6 is 0 Å². The number of ether oxygens (including phenoxy) is 4. The molecular weight excluding hydrogens is 538 g/mol. The van der Waals surface area contributed by atoms with E-state index in [1.807, 2.05) is 23.1 Å². The van der Waals surface area contributed by atoms with Crippen molar-refractivity contribution in [3.05, 3.63) is 23.8 Å². The molecule has 0 spiro atoms. The Kier molecular flexibility index (Phi) is 10.8. The molecule has 1 N–H and O–H groups in total. The maximum absolute atomic E-state index is 13.9. The summed E-state index contributed by atoms with van der Waals surface area (Å²) in [5, 5.41) is 10.6. The number of hydrogen-bond donors (Lipinski definition) is 1. The van der Waals surface area contributed by atoms with E-state index in [2.05, 4.69) is 46.8 Å². The van der Waals surface area contributed by atoms with Crippen molar-refractivity contribution in [3.63, 3.8) is 0 Å². The number of quaternary nitrogens is 1. The quantitative estimate of drug-likeness (QED) is 0.244. The van der Waals surface area contributed by atoms with Gasteiger partial charge in [-0.25, -0.2) is 0 Å².